The van der Waals surface area contributed by atoms with Crippen molar-refractivity contribution >= 4 is 5.91 Å². The summed E-state index contributed by atoms with van der Waals surface area (Å²) in [6, 6.07) is 8.13. The van der Waals surface area contributed by atoms with Crippen molar-refractivity contribution in [2.24, 2.45) is 0 Å². The van der Waals surface area contributed by atoms with E-state index in [-0.39, 0.29) is 25.3 Å². The fraction of sp³-hybridized carbons (Fsp3) is 0.533. The first kappa shape index (κ1) is 15.8. The van der Waals surface area contributed by atoms with Crippen LogP contribution in [0.15, 0.2) is 30.3 Å². The van der Waals surface area contributed by atoms with Gasteiger partial charge in [0.1, 0.15) is 6.04 Å². The lowest BCUT2D eigenvalue weighted by atomic mass is 10.0. The van der Waals surface area contributed by atoms with Gasteiger partial charge in [-0.2, -0.15) is 13.2 Å². The van der Waals surface area contributed by atoms with Crippen LogP contribution >= 0.6 is 0 Å². The number of unbranched alkanes of at least 4 members (excludes halogenated alkanes) is 1. The van der Waals surface area contributed by atoms with Crippen LogP contribution in [0.5, 0.6) is 0 Å². The van der Waals surface area contributed by atoms with Crippen molar-refractivity contribution in [1.29, 1.82) is 0 Å². The molecule has 1 saturated heterocycles. The average molecular weight is 300 g/mol. The second-order valence-corrected chi connectivity index (χ2v) is 5.27. The molecule has 0 bridgehead atoms. The summed E-state index contributed by atoms with van der Waals surface area (Å²) >= 11 is 0. The van der Waals surface area contributed by atoms with Gasteiger partial charge >= 0.3 is 6.18 Å². The maximum Gasteiger partial charge on any atom is 0.405 e. The molecule has 0 spiro atoms. The van der Waals surface area contributed by atoms with E-state index in [0.717, 1.165) is 17.0 Å². The average Bonchev–Trinajstić information content (AvgIpc) is 2.84. The molecule has 1 aliphatic heterocycles. The minimum atomic E-state index is -4.32. The Kier molecular flexibility index (Phi) is 5.22. The minimum Gasteiger partial charge on any atom is -0.288 e. The van der Waals surface area contributed by atoms with Crippen LogP contribution in [0.4, 0.5) is 13.2 Å². The SMILES string of the molecule is O=C1CCN(C(CCCCc2ccccc2)C(F)(F)F)N1. The number of alkyl halides is 3. The molecule has 1 aromatic rings. The molecule has 1 atom stereocenters. The van der Waals surface area contributed by atoms with E-state index in [2.05, 4.69) is 5.43 Å². The molecule has 0 radical (unpaired) electrons. The lowest BCUT2D eigenvalue weighted by molar-refractivity contribution is -0.190. The molecule has 0 aromatic heterocycles. The Balaban J connectivity index is 1.81. The lowest BCUT2D eigenvalue weighted by Crippen LogP contribution is -2.49. The Morgan fingerprint density at radius 3 is 2.48 bits per heavy atom. The number of hydrazine groups is 1. The highest BCUT2D eigenvalue weighted by Gasteiger charge is 2.45. The Morgan fingerprint density at radius 2 is 1.90 bits per heavy atom. The number of amides is 1. The highest BCUT2D eigenvalue weighted by atomic mass is 19.4. The largest absolute Gasteiger partial charge is 0.405 e. The Labute approximate surface area is 122 Å². The molecule has 0 aliphatic carbocycles. The third kappa shape index (κ3) is 4.74. The summed E-state index contributed by atoms with van der Waals surface area (Å²) in [6.45, 7) is 0.127. The predicted molar refractivity (Wildman–Crippen MR) is 73.3 cm³/mol. The van der Waals surface area contributed by atoms with Crippen LogP contribution in [0.1, 0.15) is 31.2 Å². The van der Waals surface area contributed by atoms with Crippen molar-refractivity contribution in [3.8, 4) is 0 Å². The first-order chi connectivity index (χ1) is 9.97. The molecule has 1 amide bonds. The summed E-state index contributed by atoms with van der Waals surface area (Å²) in [5.41, 5.74) is 3.43. The molecule has 1 aromatic carbocycles. The fourth-order valence-corrected chi connectivity index (χ4v) is 2.54. The summed E-state index contributed by atoms with van der Waals surface area (Å²) in [4.78, 5) is 11.1. The third-order valence-corrected chi connectivity index (χ3v) is 3.64. The monoisotopic (exact) mass is 300 g/mol. The molecule has 3 nitrogen and oxygen atoms in total. The number of nitrogens with zero attached hydrogens (tertiary/aromatic N) is 1. The van der Waals surface area contributed by atoms with Gasteiger partial charge in [0.25, 0.3) is 0 Å². The van der Waals surface area contributed by atoms with Crippen LogP contribution in [0, 0.1) is 0 Å². The number of halogens is 3. The van der Waals surface area contributed by atoms with Crippen molar-refractivity contribution in [1.82, 2.24) is 10.4 Å². The number of carbonyl (C=O) groups excluding carboxylic acids is 1. The number of aryl methyl sites for hydroxylation is 1. The van der Waals surface area contributed by atoms with E-state index in [1.165, 1.54) is 0 Å². The fourth-order valence-electron chi connectivity index (χ4n) is 2.54. The van der Waals surface area contributed by atoms with Gasteiger partial charge in [-0.1, -0.05) is 36.8 Å². The van der Waals surface area contributed by atoms with Crippen molar-refractivity contribution in [3.63, 3.8) is 0 Å². The molecule has 116 valence electrons. The number of hydrogen-bond acceptors (Lipinski definition) is 2. The van der Waals surface area contributed by atoms with Crippen LogP contribution in [0.25, 0.3) is 0 Å². The van der Waals surface area contributed by atoms with Crippen molar-refractivity contribution in [3.05, 3.63) is 35.9 Å². The van der Waals surface area contributed by atoms with Crippen LogP contribution in [0.3, 0.4) is 0 Å². The van der Waals surface area contributed by atoms with Crippen LogP contribution in [0.2, 0.25) is 0 Å². The molecule has 1 heterocycles. The maximum atomic E-state index is 13.1. The summed E-state index contributed by atoms with van der Waals surface area (Å²) in [5.74, 6) is -0.339. The molecular formula is C15H19F3N2O. The van der Waals surface area contributed by atoms with Gasteiger partial charge in [0.15, 0.2) is 0 Å². The highest BCUT2D eigenvalue weighted by Crippen LogP contribution is 2.29. The molecular weight excluding hydrogens is 281 g/mol. The second-order valence-electron chi connectivity index (χ2n) is 5.27. The van der Waals surface area contributed by atoms with E-state index < -0.39 is 12.2 Å². The van der Waals surface area contributed by atoms with Crippen molar-refractivity contribution in [2.45, 2.75) is 44.3 Å². The standard InChI is InChI=1S/C15H19F3N2O/c16-15(17,18)13(20-11-10-14(21)19-20)9-5-4-8-12-6-2-1-3-7-12/h1-3,6-7,13H,4-5,8-11H2,(H,19,21). The smallest absolute Gasteiger partial charge is 0.288 e. The van der Waals surface area contributed by atoms with E-state index in [4.69, 9.17) is 0 Å². The van der Waals surface area contributed by atoms with Gasteiger partial charge in [-0.05, 0) is 24.8 Å². The number of benzene rings is 1. The molecule has 1 fully saturated rings. The van der Waals surface area contributed by atoms with Gasteiger partial charge in [-0.25, -0.2) is 5.01 Å². The Bertz CT molecular complexity index is 462. The maximum absolute atomic E-state index is 13.1. The van der Waals surface area contributed by atoms with Crippen molar-refractivity contribution < 1.29 is 18.0 Å². The highest BCUT2D eigenvalue weighted by molar-refractivity contribution is 5.77. The summed E-state index contributed by atoms with van der Waals surface area (Å²) in [5, 5.41) is 1.03. The molecule has 21 heavy (non-hydrogen) atoms. The quantitative estimate of drug-likeness (QED) is 0.819. The van der Waals surface area contributed by atoms with E-state index in [1.807, 2.05) is 30.3 Å². The molecule has 2 rings (SSSR count). The summed E-state index contributed by atoms with van der Waals surface area (Å²) in [7, 11) is 0. The summed E-state index contributed by atoms with van der Waals surface area (Å²) < 4.78 is 39.2. The van der Waals surface area contributed by atoms with Crippen molar-refractivity contribution in [2.75, 3.05) is 6.54 Å². The third-order valence-electron chi connectivity index (χ3n) is 3.64. The minimum absolute atomic E-state index is 0.0105. The van der Waals surface area contributed by atoms with E-state index >= 15 is 0 Å². The van der Waals surface area contributed by atoms with E-state index in [0.29, 0.717) is 12.8 Å². The predicted octanol–water partition coefficient (Wildman–Crippen LogP) is 3.07. The van der Waals surface area contributed by atoms with Gasteiger partial charge in [0.2, 0.25) is 5.91 Å². The first-order valence-electron chi connectivity index (χ1n) is 7.13. The molecule has 0 saturated carbocycles. The van der Waals surface area contributed by atoms with Gasteiger partial charge in [0.05, 0.1) is 0 Å². The van der Waals surface area contributed by atoms with Gasteiger partial charge < -0.3 is 0 Å². The number of rotatable bonds is 6. The lowest BCUT2D eigenvalue weighted by Gasteiger charge is -2.28. The van der Waals surface area contributed by atoms with Crippen LogP contribution < -0.4 is 5.43 Å². The number of hydrogen-bond donors (Lipinski definition) is 1. The molecule has 6 heteroatoms. The van der Waals surface area contributed by atoms with E-state index in [1.54, 1.807) is 0 Å². The first-order valence-corrected chi connectivity index (χ1v) is 7.13. The summed E-state index contributed by atoms with van der Waals surface area (Å²) in [6.07, 6.45) is -2.21. The van der Waals surface area contributed by atoms with Gasteiger partial charge in [0, 0.05) is 13.0 Å². The Hall–Kier alpha value is -1.56. The van der Waals surface area contributed by atoms with Gasteiger partial charge in [-0.3, -0.25) is 10.2 Å². The Morgan fingerprint density at radius 1 is 1.19 bits per heavy atom. The normalized spacial score (nSPS) is 17.8. The van der Waals surface area contributed by atoms with Crippen LogP contribution in [-0.2, 0) is 11.2 Å². The zero-order valence-electron chi connectivity index (χ0n) is 11.7. The topological polar surface area (TPSA) is 32.3 Å². The van der Waals surface area contributed by atoms with E-state index in [9.17, 15) is 18.0 Å². The molecule has 1 unspecified atom stereocenters. The number of carbonyl (C=O) groups is 1. The van der Waals surface area contributed by atoms with Crippen LogP contribution in [-0.4, -0.2) is 29.7 Å². The zero-order chi connectivity index (χ0) is 15.3. The van der Waals surface area contributed by atoms with Gasteiger partial charge in [-0.15, -0.1) is 0 Å². The zero-order valence-corrected chi connectivity index (χ0v) is 11.7. The number of nitrogens with one attached hydrogen (secondary N) is 1. The molecule has 1 aliphatic rings. The molecule has 1 N–H and O–H groups in total. The second kappa shape index (κ2) is 6.93.